The van der Waals surface area contributed by atoms with Crippen LogP contribution in [0.2, 0.25) is 0 Å². The molecule has 8 aromatic heterocycles. The van der Waals surface area contributed by atoms with Gasteiger partial charge in [-0.1, -0.05) is 0 Å². The number of fused-ring (bicyclic) bond motifs is 8. The van der Waals surface area contributed by atoms with Crippen molar-refractivity contribution < 1.29 is 0 Å². The Morgan fingerprint density at radius 2 is 0.568 bits per heavy atom. The largest absolute Gasteiger partial charge is 0.354 e. The zero-order chi connectivity index (χ0) is 29.0. The first kappa shape index (κ1) is 25.9. The molecule has 0 atom stereocenters. The Labute approximate surface area is 268 Å². The molecule has 9 rings (SSSR count). The predicted octanol–water partition coefficient (Wildman–Crippen LogP) is 6.55. The third kappa shape index (κ3) is 4.30. The lowest BCUT2D eigenvalue weighted by Crippen LogP contribution is -2.18. The minimum atomic E-state index is 1.07. The minimum absolute atomic E-state index is 1.07. The summed E-state index contributed by atoms with van der Waals surface area (Å²) in [6.45, 7) is 0. The van der Waals surface area contributed by atoms with Crippen molar-refractivity contribution in [1.29, 1.82) is 0 Å². The van der Waals surface area contributed by atoms with E-state index in [2.05, 4.69) is 136 Å². The van der Waals surface area contributed by atoms with E-state index in [1.54, 1.807) is 45.3 Å². The maximum absolute atomic E-state index is 3.83. The van der Waals surface area contributed by atoms with E-state index in [-0.39, 0.29) is 0 Å². The second-order valence-electron chi connectivity index (χ2n) is 10.7. The molecule has 9 heterocycles. The third-order valence-corrected chi connectivity index (χ3v) is 10.9. The molecule has 0 aliphatic carbocycles. The van der Waals surface area contributed by atoms with Crippen LogP contribution in [-0.4, -0.2) is 19.9 Å². The fourth-order valence-electron chi connectivity index (χ4n) is 6.20. The smallest absolute Gasteiger partial charge is 0.0486 e. The quantitative estimate of drug-likeness (QED) is 0.169. The van der Waals surface area contributed by atoms with Crippen molar-refractivity contribution in [3.8, 4) is 0 Å². The van der Waals surface area contributed by atoms with Crippen molar-refractivity contribution in [2.24, 2.45) is 0 Å². The van der Waals surface area contributed by atoms with Gasteiger partial charge in [-0.2, -0.15) is 45.3 Å². The number of H-pyrrole nitrogens is 4. The topological polar surface area (TPSA) is 63.2 Å². The lowest BCUT2D eigenvalue weighted by molar-refractivity contribution is 1.19. The van der Waals surface area contributed by atoms with E-state index in [0.29, 0.717) is 0 Å². The van der Waals surface area contributed by atoms with Gasteiger partial charge in [0.1, 0.15) is 0 Å². The number of hydrogen-bond acceptors (Lipinski definition) is 4. The Hall–Kier alpha value is -4.60. The molecule has 44 heavy (non-hydrogen) atoms. The van der Waals surface area contributed by atoms with Crippen LogP contribution in [-0.2, 0) is 0 Å². The molecule has 0 radical (unpaired) electrons. The molecule has 0 fully saturated rings. The van der Waals surface area contributed by atoms with Crippen LogP contribution in [0, 0.1) is 0 Å². The highest BCUT2D eigenvalue weighted by molar-refractivity contribution is 7.08. The summed E-state index contributed by atoms with van der Waals surface area (Å²) in [4.78, 5) is 15.3. The Kier molecular flexibility index (Phi) is 6.19. The van der Waals surface area contributed by atoms with Crippen LogP contribution in [0.25, 0.3) is 22.3 Å². The number of nitrogens with one attached hydrogen (secondary N) is 4. The molecule has 0 amide bonds. The molecule has 8 aromatic rings. The SMILES string of the molecule is c1cc(C2=c3ccc([nH]3)=C(c3ccsc3)c3ccc([nH]3)C(c3ccsc3)=c3ccc([nH]3)=C(c3ccsc3)c3ccc2[nH]3)cs1. The number of thiophene rings is 4. The zero-order valence-corrected chi connectivity index (χ0v) is 26.4. The Morgan fingerprint density at radius 3 is 0.795 bits per heavy atom. The Morgan fingerprint density at radius 1 is 0.295 bits per heavy atom. The number of aromatic amines is 4. The van der Waals surface area contributed by atoms with Crippen LogP contribution in [0.3, 0.4) is 0 Å². The fraction of sp³-hybridized carbons (Fsp3) is 0. The summed E-state index contributed by atoms with van der Waals surface area (Å²) in [5, 5.41) is 21.7. The van der Waals surface area contributed by atoms with Gasteiger partial charge >= 0.3 is 0 Å². The van der Waals surface area contributed by atoms with E-state index in [0.717, 1.165) is 66.5 Å². The molecule has 8 heteroatoms. The maximum atomic E-state index is 3.83. The van der Waals surface area contributed by atoms with Crippen molar-refractivity contribution in [1.82, 2.24) is 19.9 Å². The van der Waals surface area contributed by atoms with E-state index in [9.17, 15) is 0 Å². The van der Waals surface area contributed by atoms with Gasteiger partial charge in [0.15, 0.2) is 0 Å². The Bertz CT molecular complexity index is 2130. The summed E-state index contributed by atoms with van der Waals surface area (Å²) in [5.74, 6) is 0. The summed E-state index contributed by atoms with van der Waals surface area (Å²) in [6.07, 6.45) is 0. The van der Waals surface area contributed by atoms with Gasteiger partial charge in [0.2, 0.25) is 0 Å². The molecule has 4 nitrogen and oxygen atoms in total. The van der Waals surface area contributed by atoms with E-state index < -0.39 is 0 Å². The molecular formula is C36H24N4S4. The molecule has 0 aromatic carbocycles. The van der Waals surface area contributed by atoms with Gasteiger partial charge in [0, 0.05) is 66.5 Å². The lowest BCUT2D eigenvalue weighted by atomic mass is 10.1. The van der Waals surface area contributed by atoms with Gasteiger partial charge in [-0.15, -0.1) is 0 Å². The molecule has 0 spiro atoms. The fourth-order valence-corrected chi connectivity index (χ4v) is 8.79. The first-order chi connectivity index (χ1) is 21.8. The molecule has 0 saturated carbocycles. The lowest BCUT2D eigenvalue weighted by Gasteiger charge is -2.07. The molecule has 8 bridgehead atoms. The van der Waals surface area contributed by atoms with Crippen molar-refractivity contribution in [3.63, 3.8) is 0 Å². The highest BCUT2D eigenvalue weighted by Gasteiger charge is 2.18. The molecular weight excluding hydrogens is 617 g/mol. The van der Waals surface area contributed by atoms with Gasteiger partial charge in [-0.25, -0.2) is 0 Å². The first-order valence-electron chi connectivity index (χ1n) is 14.2. The van der Waals surface area contributed by atoms with E-state index >= 15 is 0 Å². The predicted molar refractivity (Wildman–Crippen MR) is 185 cm³/mol. The summed E-state index contributed by atoms with van der Waals surface area (Å²) >= 11 is 6.86. The van der Waals surface area contributed by atoms with Crippen molar-refractivity contribution in [2.75, 3.05) is 0 Å². The molecule has 1 aliphatic heterocycles. The second-order valence-corrected chi connectivity index (χ2v) is 13.8. The van der Waals surface area contributed by atoms with Gasteiger partial charge in [0.05, 0.1) is 0 Å². The summed E-state index contributed by atoms with van der Waals surface area (Å²) < 4.78 is 0. The Balaban J connectivity index is 1.44. The van der Waals surface area contributed by atoms with Crippen molar-refractivity contribution >= 4 is 67.6 Å². The van der Waals surface area contributed by atoms with Crippen molar-refractivity contribution in [2.45, 2.75) is 0 Å². The minimum Gasteiger partial charge on any atom is -0.354 e. The van der Waals surface area contributed by atoms with Gasteiger partial charge < -0.3 is 19.9 Å². The highest BCUT2D eigenvalue weighted by atomic mass is 32.1. The molecule has 1 aliphatic rings. The van der Waals surface area contributed by atoms with Crippen LogP contribution in [0.15, 0.2) is 116 Å². The molecule has 0 unspecified atom stereocenters. The molecule has 212 valence electrons. The third-order valence-electron chi connectivity index (χ3n) is 8.14. The van der Waals surface area contributed by atoms with Gasteiger partial charge in [-0.05, 0) is 138 Å². The molecule has 0 saturated heterocycles. The zero-order valence-electron chi connectivity index (χ0n) is 23.2. The standard InChI is InChI=1S/C36H24N4S4/c1-2-26-34(22-10-14-42-18-22)28-5-6-30(39-28)36(24-12-16-44-20-24)32-8-7-31(40-32)35(23-11-15-43-19-23)29-4-3-27(38-29)33(25(1)37-26)21-9-13-41-17-21/h1-20,37-40H. The van der Waals surface area contributed by atoms with E-state index in [1.807, 2.05) is 0 Å². The number of aromatic nitrogens is 4. The van der Waals surface area contributed by atoms with Crippen LogP contribution in [0.5, 0.6) is 0 Å². The highest BCUT2D eigenvalue weighted by Crippen LogP contribution is 2.29. The summed E-state index contributed by atoms with van der Waals surface area (Å²) in [5.41, 5.74) is 13.6. The van der Waals surface area contributed by atoms with E-state index in [1.165, 1.54) is 22.3 Å². The average molecular weight is 641 g/mol. The normalized spacial score (nSPS) is 13.3. The monoisotopic (exact) mass is 640 g/mol. The first-order valence-corrected chi connectivity index (χ1v) is 17.9. The van der Waals surface area contributed by atoms with Crippen LogP contribution >= 0.6 is 45.3 Å². The summed E-state index contributed by atoms with van der Waals surface area (Å²) in [6, 6.07) is 26.5. The van der Waals surface area contributed by atoms with Crippen molar-refractivity contribution in [3.05, 3.63) is 182 Å². The number of hydrogen-bond donors (Lipinski definition) is 4. The van der Waals surface area contributed by atoms with Crippen LogP contribution in [0.4, 0.5) is 0 Å². The van der Waals surface area contributed by atoms with E-state index in [4.69, 9.17) is 0 Å². The maximum Gasteiger partial charge on any atom is 0.0486 e. The van der Waals surface area contributed by atoms with Gasteiger partial charge in [0.25, 0.3) is 0 Å². The van der Waals surface area contributed by atoms with Crippen LogP contribution in [0.1, 0.15) is 45.0 Å². The van der Waals surface area contributed by atoms with Gasteiger partial charge in [-0.3, -0.25) is 0 Å². The second kappa shape index (κ2) is 10.5. The average Bonchev–Trinajstić information content (AvgIpc) is 3.90. The number of rotatable bonds is 4. The summed E-state index contributed by atoms with van der Waals surface area (Å²) in [7, 11) is 0. The molecule has 4 N–H and O–H groups in total. The van der Waals surface area contributed by atoms with Crippen LogP contribution < -0.4 is 21.4 Å².